The van der Waals surface area contributed by atoms with Crippen LogP contribution in [0.15, 0.2) is 23.3 Å². The first-order chi connectivity index (χ1) is 11.3. The van der Waals surface area contributed by atoms with Crippen LogP contribution < -0.4 is 10.3 Å². The summed E-state index contributed by atoms with van der Waals surface area (Å²) in [6.45, 7) is 9.43. The van der Waals surface area contributed by atoms with Crippen molar-refractivity contribution in [3.63, 3.8) is 0 Å². The average Bonchev–Trinajstić information content (AvgIpc) is 2.48. The maximum atomic E-state index is 11.3. The molecule has 0 saturated heterocycles. The highest BCUT2D eigenvalue weighted by Crippen LogP contribution is 2.40. The zero-order valence-corrected chi connectivity index (χ0v) is 15.1. The topological polar surface area (TPSA) is 68.5 Å². The highest BCUT2D eigenvalue weighted by molar-refractivity contribution is 6.33. The fraction of sp³-hybridized carbons (Fsp3) is 0.389. The number of allylic oxidation sites excluding steroid dienone is 1. The van der Waals surface area contributed by atoms with Crippen LogP contribution >= 0.6 is 11.6 Å². The summed E-state index contributed by atoms with van der Waals surface area (Å²) in [5.74, 6) is -0.446. The zero-order valence-electron chi connectivity index (χ0n) is 14.4. The van der Waals surface area contributed by atoms with Crippen molar-refractivity contribution in [1.29, 1.82) is 5.26 Å². The summed E-state index contributed by atoms with van der Waals surface area (Å²) in [6.07, 6.45) is 3.52. The van der Waals surface area contributed by atoms with Crippen molar-refractivity contribution in [2.75, 3.05) is 11.4 Å². The quantitative estimate of drug-likeness (QED) is 0.668. The van der Waals surface area contributed by atoms with Crippen LogP contribution in [0.4, 0.5) is 5.69 Å². The standard InChI is InChI=1S/C18H21ClN4O/c1-5-23-16-9-15(19)13(11-21-22-17(24)6-7-20)8-14(16)12(2)10-18(23,3)4/h8-11H,5-6H2,1-4H3,(H,22,24)/b21-11-. The number of fused-ring (bicyclic) bond motifs is 1. The van der Waals surface area contributed by atoms with Gasteiger partial charge in [-0.25, -0.2) is 5.43 Å². The van der Waals surface area contributed by atoms with E-state index in [1.54, 1.807) is 6.07 Å². The molecule has 126 valence electrons. The molecule has 1 aliphatic heterocycles. The summed E-state index contributed by atoms with van der Waals surface area (Å²) in [5, 5.41) is 12.9. The molecule has 24 heavy (non-hydrogen) atoms. The van der Waals surface area contributed by atoms with E-state index in [2.05, 4.69) is 49.2 Å². The zero-order chi connectivity index (χ0) is 17.9. The summed E-state index contributed by atoms with van der Waals surface area (Å²) < 4.78 is 0. The van der Waals surface area contributed by atoms with E-state index in [9.17, 15) is 4.79 Å². The number of rotatable bonds is 4. The van der Waals surface area contributed by atoms with Crippen LogP contribution in [0.1, 0.15) is 45.2 Å². The minimum atomic E-state index is -0.446. The molecule has 1 aromatic rings. The van der Waals surface area contributed by atoms with Crippen LogP contribution in [0.2, 0.25) is 5.02 Å². The third kappa shape index (κ3) is 3.60. The molecule has 1 N–H and O–H groups in total. The first-order valence-corrected chi connectivity index (χ1v) is 8.17. The van der Waals surface area contributed by atoms with Crippen LogP contribution in [-0.4, -0.2) is 24.2 Å². The summed E-state index contributed by atoms with van der Waals surface area (Å²) in [6, 6.07) is 5.68. The molecule has 0 unspecified atom stereocenters. The number of carbonyl (C=O) groups is 1. The van der Waals surface area contributed by atoms with E-state index in [0.29, 0.717) is 5.02 Å². The van der Waals surface area contributed by atoms with E-state index in [4.69, 9.17) is 16.9 Å². The molecule has 5 nitrogen and oxygen atoms in total. The number of hydrazone groups is 1. The molecule has 1 aliphatic rings. The molecule has 0 spiro atoms. The van der Waals surface area contributed by atoms with E-state index in [1.165, 1.54) is 11.8 Å². The summed E-state index contributed by atoms with van der Waals surface area (Å²) in [4.78, 5) is 13.6. The van der Waals surface area contributed by atoms with Gasteiger partial charge in [0.2, 0.25) is 0 Å². The maximum absolute atomic E-state index is 11.3. The Bertz CT molecular complexity index is 759. The van der Waals surface area contributed by atoms with Crippen molar-refractivity contribution in [1.82, 2.24) is 5.43 Å². The van der Waals surface area contributed by atoms with Crippen LogP contribution in [0.5, 0.6) is 0 Å². The number of halogens is 1. The van der Waals surface area contributed by atoms with E-state index < -0.39 is 5.91 Å². The molecular weight excluding hydrogens is 324 g/mol. The number of amides is 1. The minimum Gasteiger partial charge on any atom is -0.363 e. The molecule has 6 heteroatoms. The van der Waals surface area contributed by atoms with E-state index in [-0.39, 0.29) is 12.0 Å². The summed E-state index contributed by atoms with van der Waals surface area (Å²) >= 11 is 6.40. The minimum absolute atomic E-state index is 0.0734. The van der Waals surface area contributed by atoms with Crippen molar-refractivity contribution in [2.45, 2.75) is 39.7 Å². The number of nitrogens with zero attached hydrogens (tertiary/aromatic N) is 3. The predicted molar refractivity (Wildman–Crippen MR) is 98.2 cm³/mol. The Labute approximate surface area is 147 Å². The van der Waals surface area contributed by atoms with Gasteiger partial charge in [-0.2, -0.15) is 10.4 Å². The van der Waals surface area contributed by atoms with Crippen LogP contribution in [-0.2, 0) is 4.79 Å². The summed E-state index contributed by atoms with van der Waals surface area (Å²) in [7, 11) is 0. The number of carbonyl (C=O) groups excluding carboxylic acids is 1. The van der Waals surface area contributed by atoms with Crippen molar-refractivity contribution in [3.05, 3.63) is 34.4 Å². The second-order valence-corrected chi connectivity index (χ2v) is 6.65. The number of hydrogen-bond donors (Lipinski definition) is 1. The van der Waals surface area contributed by atoms with Gasteiger partial charge in [-0.05, 0) is 45.4 Å². The van der Waals surface area contributed by atoms with E-state index in [0.717, 1.165) is 23.4 Å². The number of nitriles is 1. The number of nitrogens with one attached hydrogen (secondary N) is 1. The fourth-order valence-corrected chi connectivity index (χ4v) is 3.28. The van der Waals surface area contributed by atoms with Gasteiger partial charge >= 0.3 is 0 Å². The largest absolute Gasteiger partial charge is 0.363 e. The molecule has 0 bridgehead atoms. The fourth-order valence-electron chi connectivity index (χ4n) is 3.08. The van der Waals surface area contributed by atoms with Gasteiger partial charge in [-0.15, -0.1) is 0 Å². The molecule has 0 aliphatic carbocycles. The number of anilines is 1. The molecular formula is C18H21ClN4O. The molecule has 0 fully saturated rings. The second-order valence-electron chi connectivity index (χ2n) is 6.24. The number of hydrogen-bond acceptors (Lipinski definition) is 4. The van der Waals surface area contributed by atoms with E-state index >= 15 is 0 Å². The lowest BCUT2D eigenvalue weighted by Gasteiger charge is -2.43. The molecule has 1 aromatic carbocycles. The molecule has 1 amide bonds. The maximum Gasteiger partial charge on any atom is 0.254 e. The Morgan fingerprint density at radius 2 is 2.21 bits per heavy atom. The lowest BCUT2D eigenvalue weighted by molar-refractivity contribution is -0.120. The first-order valence-electron chi connectivity index (χ1n) is 7.80. The van der Waals surface area contributed by atoms with Crippen molar-refractivity contribution >= 4 is 35.0 Å². The Balaban J connectivity index is 2.37. The second kappa shape index (κ2) is 7.06. The van der Waals surface area contributed by atoms with Gasteiger partial charge in [-0.1, -0.05) is 17.7 Å². The predicted octanol–water partition coefficient (Wildman–Crippen LogP) is 3.73. The monoisotopic (exact) mass is 344 g/mol. The lowest BCUT2D eigenvalue weighted by atomic mass is 9.88. The molecule has 0 radical (unpaired) electrons. The van der Waals surface area contributed by atoms with Gasteiger partial charge in [0.05, 0.1) is 22.8 Å². The third-order valence-corrected chi connectivity index (χ3v) is 4.37. The number of likely N-dealkylation sites (N-methyl/N-ethyl adjacent to an activating group) is 1. The molecule has 2 rings (SSSR count). The van der Waals surface area contributed by atoms with Crippen molar-refractivity contribution in [2.24, 2.45) is 5.10 Å². The lowest BCUT2D eigenvalue weighted by Crippen LogP contribution is -2.44. The smallest absolute Gasteiger partial charge is 0.254 e. The third-order valence-electron chi connectivity index (χ3n) is 4.04. The van der Waals surface area contributed by atoms with E-state index in [1.807, 2.05) is 12.1 Å². The Morgan fingerprint density at radius 1 is 1.50 bits per heavy atom. The van der Waals surface area contributed by atoms with Gasteiger partial charge in [0, 0.05) is 23.4 Å². The van der Waals surface area contributed by atoms with Crippen molar-refractivity contribution < 1.29 is 4.79 Å². The van der Waals surface area contributed by atoms with Gasteiger partial charge in [0.1, 0.15) is 6.42 Å². The Kier molecular flexibility index (Phi) is 5.30. The number of benzene rings is 1. The van der Waals surface area contributed by atoms with Gasteiger partial charge in [0.15, 0.2) is 0 Å². The highest BCUT2D eigenvalue weighted by atomic mass is 35.5. The van der Waals surface area contributed by atoms with Crippen LogP contribution in [0.3, 0.4) is 0 Å². The molecule has 1 heterocycles. The molecule has 0 aromatic heterocycles. The van der Waals surface area contributed by atoms with Gasteiger partial charge < -0.3 is 4.90 Å². The molecule has 0 saturated carbocycles. The van der Waals surface area contributed by atoms with Crippen molar-refractivity contribution in [3.8, 4) is 6.07 Å². The summed E-state index contributed by atoms with van der Waals surface area (Å²) in [5.41, 5.74) is 6.33. The molecule has 0 atom stereocenters. The highest BCUT2D eigenvalue weighted by Gasteiger charge is 2.30. The SMILES string of the molecule is CCN1c2cc(Cl)c(/C=N\NC(=O)CC#N)cc2C(C)=CC1(C)C. The Morgan fingerprint density at radius 3 is 2.83 bits per heavy atom. The van der Waals surface area contributed by atoms with Gasteiger partial charge in [0.25, 0.3) is 5.91 Å². The Hall–Kier alpha value is -2.32. The normalized spacial score (nSPS) is 15.7. The van der Waals surface area contributed by atoms with Crippen LogP contribution in [0.25, 0.3) is 5.57 Å². The van der Waals surface area contributed by atoms with Crippen LogP contribution in [0, 0.1) is 11.3 Å². The van der Waals surface area contributed by atoms with Gasteiger partial charge in [-0.3, -0.25) is 4.79 Å². The first kappa shape index (κ1) is 18.0. The average molecular weight is 345 g/mol.